The number of fused-ring (bicyclic) bond motifs is 1. The first-order valence-corrected chi connectivity index (χ1v) is 3.60. The van der Waals surface area contributed by atoms with Crippen LogP contribution in [-0.4, -0.2) is 19.7 Å². The van der Waals surface area contributed by atoms with Crippen LogP contribution in [0.15, 0.2) is 6.20 Å². The van der Waals surface area contributed by atoms with Gasteiger partial charge in [0.25, 0.3) is 0 Å². The molecule has 0 aliphatic carbocycles. The van der Waals surface area contributed by atoms with Gasteiger partial charge in [-0.25, -0.2) is 4.98 Å². The molecule has 5 heteroatoms. The highest BCUT2D eigenvalue weighted by molar-refractivity contribution is 5.76. The maximum atomic E-state index is 5.61. The van der Waals surface area contributed by atoms with Crippen LogP contribution in [0.2, 0.25) is 0 Å². The molecule has 0 atom stereocenters. The predicted octanol–water partition coefficient (Wildman–Crippen LogP) is 0.254. The number of aromatic nitrogens is 4. The molecule has 5 nitrogen and oxygen atoms in total. The normalized spacial score (nSPS) is 10.8. The number of nitrogens with zero attached hydrogens (tertiary/aromatic N) is 4. The Morgan fingerprint density at radius 2 is 2.25 bits per heavy atom. The highest BCUT2D eigenvalue weighted by Gasteiger charge is 2.07. The number of hydrogen-bond donors (Lipinski definition) is 1. The fraction of sp³-hybridized carbons (Fsp3) is 0.286. The zero-order valence-corrected chi connectivity index (χ0v) is 6.94. The predicted molar refractivity (Wildman–Crippen MR) is 45.5 cm³/mol. The SMILES string of the molecule is Cc1cnnc2c1nc(N)n2C. The van der Waals surface area contributed by atoms with Crippen molar-refractivity contribution in [3.63, 3.8) is 0 Å². The summed E-state index contributed by atoms with van der Waals surface area (Å²) in [5, 5.41) is 7.75. The molecule has 12 heavy (non-hydrogen) atoms. The summed E-state index contributed by atoms with van der Waals surface area (Å²) in [4.78, 5) is 4.15. The van der Waals surface area contributed by atoms with Gasteiger partial charge in [0, 0.05) is 7.05 Å². The summed E-state index contributed by atoms with van der Waals surface area (Å²) in [5.74, 6) is 0.466. The topological polar surface area (TPSA) is 69.6 Å². The van der Waals surface area contributed by atoms with E-state index in [1.54, 1.807) is 10.8 Å². The molecule has 0 amide bonds. The highest BCUT2D eigenvalue weighted by Crippen LogP contribution is 2.15. The molecular formula is C7H9N5. The van der Waals surface area contributed by atoms with Gasteiger partial charge in [0.15, 0.2) is 5.65 Å². The molecule has 0 aromatic carbocycles. The third-order valence-electron chi connectivity index (χ3n) is 1.88. The Bertz CT molecular complexity index is 431. The number of aryl methyl sites for hydroxylation is 2. The molecule has 0 aliphatic rings. The van der Waals surface area contributed by atoms with Crippen molar-refractivity contribution in [2.45, 2.75) is 6.92 Å². The lowest BCUT2D eigenvalue weighted by Gasteiger charge is -1.93. The van der Waals surface area contributed by atoms with Gasteiger partial charge in [0.1, 0.15) is 5.52 Å². The second kappa shape index (κ2) is 2.17. The van der Waals surface area contributed by atoms with Gasteiger partial charge in [0.05, 0.1) is 6.20 Å². The molecule has 62 valence electrons. The third-order valence-corrected chi connectivity index (χ3v) is 1.88. The van der Waals surface area contributed by atoms with Crippen LogP contribution in [0, 0.1) is 6.92 Å². The van der Waals surface area contributed by atoms with Crippen molar-refractivity contribution >= 4 is 17.1 Å². The molecule has 0 fully saturated rings. The number of rotatable bonds is 0. The quantitative estimate of drug-likeness (QED) is 0.604. The maximum Gasteiger partial charge on any atom is 0.202 e. The van der Waals surface area contributed by atoms with E-state index < -0.39 is 0 Å². The Labute approximate surface area is 69.2 Å². The Balaban J connectivity index is 2.95. The van der Waals surface area contributed by atoms with Crippen molar-refractivity contribution in [1.82, 2.24) is 19.7 Å². The Kier molecular flexibility index (Phi) is 1.27. The average molecular weight is 163 g/mol. The van der Waals surface area contributed by atoms with Gasteiger partial charge >= 0.3 is 0 Å². The van der Waals surface area contributed by atoms with E-state index in [0.717, 1.165) is 16.7 Å². The van der Waals surface area contributed by atoms with E-state index in [2.05, 4.69) is 15.2 Å². The van der Waals surface area contributed by atoms with Gasteiger partial charge < -0.3 is 5.73 Å². The van der Waals surface area contributed by atoms with Crippen LogP contribution >= 0.6 is 0 Å². The molecule has 0 unspecified atom stereocenters. The smallest absolute Gasteiger partial charge is 0.202 e. The van der Waals surface area contributed by atoms with E-state index in [1.165, 1.54) is 0 Å². The molecule has 0 aliphatic heterocycles. The van der Waals surface area contributed by atoms with Crippen LogP contribution in [0.4, 0.5) is 5.95 Å². The Morgan fingerprint density at radius 1 is 1.50 bits per heavy atom. The van der Waals surface area contributed by atoms with Crippen LogP contribution in [0.25, 0.3) is 11.2 Å². The molecule has 2 aromatic rings. The van der Waals surface area contributed by atoms with Crippen molar-refractivity contribution in [1.29, 1.82) is 0 Å². The van der Waals surface area contributed by atoms with Crippen molar-refractivity contribution < 1.29 is 0 Å². The first-order valence-electron chi connectivity index (χ1n) is 3.60. The van der Waals surface area contributed by atoms with E-state index >= 15 is 0 Å². The Hall–Kier alpha value is -1.65. The number of nitrogens with two attached hydrogens (primary N) is 1. The molecule has 0 saturated carbocycles. The van der Waals surface area contributed by atoms with Gasteiger partial charge in [-0.2, -0.15) is 5.10 Å². The lowest BCUT2D eigenvalue weighted by molar-refractivity contribution is 0.918. The van der Waals surface area contributed by atoms with Crippen LogP contribution in [0.3, 0.4) is 0 Å². The number of hydrogen-bond acceptors (Lipinski definition) is 4. The molecule has 2 heterocycles. The van der Waals surface area contributed by atoms with Crippen molar-refractivity contribution in [2.75, 3.05) is 5.73 Å². The summed E-state index contributed by atoms with van der Waals surface area (Å²) in [5.41, 5.74) is 8.15. The van der Waals surface area contributed by atoms with Crippen LogP contribution in [-0.2, 0) is 7.05 Å². The van der Waals surface area contributed by atoms with Gasteiger partial charge in [-0.15, -0.1) is 5.10 Å². The van der Waals surface area contributed by atoms with Gasteiger partial charge in [0.2, 0.25) is 5.95 Å². The number of nitrogen functional groups attached to an aromatic ring is 1. The average Bonchev–Trinajstić information content (AvgIpc) is 2.32. The lowest BCUT2D eigenvalue weighted by Crippen LogP contribution is -1.97. The van der Waals surface area contributed by atoms with Crippen LogP contribution < -0.4 is 5.73 Å². The minimum absolute atomic E-state index is 0.466. The Morgan fingerprint density at radius 3 is 2.92 bits per heavy atom. The summed E-state index contributed by atoms with van der Waals surface area (Å²) in [7, 11) is 1.82. The van der Waals surface area contributed by atoms with Crippen molar-refractivity contribution in [2.24, 2.45) is 7.05 Å². The molecule has 0 radical (unpaired) electrons. The van der Waals surface area contributed by atoms with E-state index in [9.17, 15) is 0 Å². The van der Waals surface area contributed by atoms with Crippen molar-refractivity contribution in [3.05, 3.63) is 11.8 Å². The standard InChI is InChI=1S/C7H9N5/c1-4-3-9-11-6-5(4)10-7(8)12(6)2/h3H,1-2H3,(H2,8,10). The van der Waals surface area contributed by atoms with Gasteiger partial charge in [-0.3, -0.25) is 4.57 Å². The fourth-order valence-electron chi connectivity index (χ4n) is 1.12. The minimum atomic E-state index is 0.466. The minimum Gasteiger partial charge on any atom is -0.369 e. The van der Waals surface area contributed by atoms with E-state index in [-0.39, 0.29) is 0 Å². The zero-order valence-electron chi connectivity index (χ0n) is 6.94. The molecule has 0 spiro atoms. The molecule has 2 rings (SSSR count). The van der Waals surface area contributed by atoms with E-state index in [0.29, 0.717) is 5.95 Å². The second-order valence-electron chi connectivity index (χ2n) is 2.73. The summed E-state index contributed by atoms with van der Waals surface area (Å²) in [6.45, 7) is 1.93. The molecule has 0 saturated heterocycles. The second-order valence-corrected chi connectivity index (χ2v) is 2.73. The fourth-order valence-corrected chi connectivity index (χ4v) is 1.12. The summed E-state index contributed by atoms with van der Waals surface area (Å²) in [6.07, 6.45) is 1.68. The third kappa shape index (κ3) is 0.761. The molecule has 2 N–H and O–H groups in total. The lowest BCUT2D eigenvalue weighted by atomic mass is 10.3. The number of imidazole rings is 1. The van der Waals surface area contributed by atoms with Crippen molar-refractivity contribution in [3.8, 4) is 0 Å². The summed E-state index contributed by atoms with van der Waals surface area (Å²) >= 11 is 0. The summed E-state index contributed by atoms with van der Waals surface area (Å²) in [6, 6.07) is 0. The van der Waals surface area contributed by atoms with E-state index in [1.807, 2.05) is 14.0 Å². The van der Waals surface area contributed by atoms with Gasteiger partial charge in [-0.05, 0) is 12.5 Å². The zero-order chi connectivity index (χ0) is 8.72. The van der Waals surface area contributed by atoms with Crippen LogP contribution in [0.5, 0.6) is 0 Å². The largest absolute Gasteiger partial charge is 0.369 e. The monoisotopic (exact) mass is 163 g/mol. The molecular weight excluding hydrogens is 154 g/mol. The molecule has 2 aromatic heterocycles. The first kappa shape index (κ1) is 7.02. The molecule has 0 bridgehead atoms. The van der Waals surface area contributed by atoms with Gasteiger partial charge in [-0.1, -0.05) is 0 Å². The van der Waals surface area contributed by atoms with Crippen LogP contribution in [0.1, 0.15) is 5.56 Å². The first-order chi connectivity index (χ1) is 5.70. The summed E-state index contributed by atoms with van der Waals surface area (Å²) < 4.78 is 1.72. The number of anilines is 1. The maximum absolute atomic E-state index is 5.61. The van der Waals surface area contributed by atoms with E-state index in [4.69, 9.17) is 5.73 Å². The highest BCUT2D eigenvalue weighted by atomic mass is 15.2.